The van der Waals surface area contributed by atoms with Gasteiger partial charge in [-0.25, -0.2) is 0 Å². The van der Waals surface area contributed by atoms with Gasteiger partial charge in [0.15, 0.2) is 5.76 Å². The summed E-state index contributed by atoms with van der Waals surface area (Å²) >= 11 is 0. The van der Waals surface area contributed by atoms with Crippen molar-refractivity contribution in [2.75, 3.05) is 0 Å². The standard InChI is InChI=1S/C16H15NO2/c1-10-4-6-13(8-11(10)2)14(9-17)16(18)15-7-5-12(3)19-15/h4-8,14H,1-3H3. The minimum Gasteiger partial charge on any atom is -0.458 e. The Kier molecular flexibility index (Phi) is 3.52. The number of hydrogen-bond donors (Lipinski definition) is 0. The van der Waals surface area contributed by atoms with Gasteiger partial charge in [-0.05, 0) is 49.6 Å². The van der Waals surface area contributed by atoms with Crippen LogP contribution in [0.2, 0.25) is 0 Å². The highest BCUT2D eigenvalue weighted by molar-refractivity contribution is 6.00. The second-order valence-electron chi connectivity index (χ2n) is 4.68. The number of hydrogen-bond acceptors (Lipinski definition) is 3. The first kappa shape index (κ1) is 13.1. The van der Waals surface area contributed by atoms with E-state index in [1.807, 2.05) is 32.0 Å². The van der Waals surface area contributed by atoms with Crippen molar-refractivity contribution in [1.29, 1.82) is 5.26 Å². The summed E-state index contributed by atoms with van der Waals surface area (Å²) in [5.41, 5.74) is 2.92. The molecule has 0 aliphatic carbocycles. The third-order valence-electron chi connectivity index (χ3n) is 3.24. The Morgan fingerprint density at radius 2 is 1.89 bits per heavy atom. The van der Waals surface area contributed by atoms with Crippen LogP contribution in [0.5, 0.6) is 0 Å². The fraction of sp³-hybridized carbons (Fsp3) is 0.250. The van der Waals surface area contributed by atoms with Crippen molar-refractivity contribution < 1.29 is 9.21 Å². The molecule has 1 aromatic carbocycles. The molecule has 1 atom stereocenters. The van der Waals surface area contributed by atoms with Gasteiger partial charge in [0, 0.05) is 0 Å². The summed E-state index contributed by atoms with van der Waals surface area (Å²) in [6.45, 7) is 5.74. The zero-order valence-corrected chi connectivity index (χ0v) is 11.2. The van der Waals surface area contributed by atoms with Crippen LogP contribution in [0, 0.1) is 32.1 Å². The number of furan rings is 1. The fourth-order valence-electron chi connectivity index (χ4n) is 1.94. The average molecular weight is 253 g/mol. The van der Waals surface area contributed by atoms with E-state index >= 15 is 0 Å². The average Bonchev–Trinajstić information content (AvgIpc) is 2.81. The quantitative estimate of drug-likeness (QED) is 0.784. The molecule has 0 aliphatic heterocycles. The molecule has 0 fully saturated rings. The fourth-order valence-corrected chi connectivity index (χ4v) is 1.94. The summed E-state index contributed by atoms with van der Waals surface area (Å²) in [5.74, 6) is -0.203. The highest BCUT2D eigenvalue weighted by Crippen LogP contribution is 2.23. The second-order valence-corrected chi connectivity index (χ2v) is 4.68. The summed E-state index contributed by atoms with van der Waals surface area (Å²) in [6.07, 6.45) is 0. The van der Waals surface area contributed by atoms with E-state index in [1.165, 1.54) is 0 Å². The summed E-state index contributed by atoms with van der Waals surface area (Å²) in [4.78, 5) is 12.3. The van der Waals surface area contributed by atoms with Crippen LogP contribution in [-0.2, 0) is 0 Å². The van der Waals surface area contributed by atoms with E-state index in [0.717, 1.165) is 11.1 Å². The number of carbonyl (C=O) groups is 1. The molecule has 0 bridgehead atoms. The second kappa shape index (κ2) is 5.11. The van der Waals surface area contributed by atoms with Gasteiger partial charge in [-0.3, -0.25) is 4.79 Å². The van der Waals surface area contributed by atoms with Crippen molar-refractivity contribution in [2.24, 2.45) is 0 Å². The van der Waals surface area contributed by atoms with Gasteiger partial charge in [-0.2, -0.15) is 5.26 Å². The molecule has 1 heterocycles. The summed E-state index contributed by atoms with van der Waals surface area (Å²) in [7, 11) is 0. The van der Waals surface area contributed by atoms with Crippen LogP contribution in [0.3, 0.4) is 0 Å². The predicted octanol–water partition coefficient (Wildman–Crippen LogP) is 3.69. The first-order valence-electron chi connectivity index (χ1n) is 6.10. The molecule has 2 rings (SSSR count). The lowest BCUT2D eigenvalue weighted by molar-refractivity contribution is 0.0950. The molecule has 0 spiro atoms. The number of aryl methyl sites for hydroxylation is 3. The molecule has 3 heteroatoms. The first-order chi connectivity index (χ1) is 9.02. The zero-order chi connectivity index (χ0) is 14.0. The number of carbonyl (C=O) groups excluding carboxylic acids is 1. The van der Waals surface area contributed by atoms with Crippen molar-refractivity contribution in [1.82, 2.24) is 0 Å². The molecule has 3 nitrogen and oxygen atoms in total. The Labute approximate surface area is 112 Å². The van der Waals surface area contributed by atoms with E-state index in [9.17, 15) is 10.1 Å². The molecule has 0 saturated carbocycles. The normalized spacial score (nSPS) is 11.9. The monoisotopic (exact) mass is 253 g/mol. The molecule has 0 amide bonds. The van der Waals surface area contributed by atoms with Gasteiger partial charge in [0.2, 0.25) is 5.78 Å². The lowest BCUT2D eigenvalue weighted by Crippen LogP contribution is -2.10. The number of rotatable bonds is 3. The third-order valence-corrected chi connectivity index (χ3v) is 3.24. The number of Topliss-reactive ketones (excluding diaryl/α,β-unsaturated/α-hetero) is 1. The van der Waals surface area contributed by atoms with Crippen LogP contribution in [0.25, 0.3) is 0 Å². The van der Waals surface area contributed by atoms with Gasteiger partial charge in [-0.15, -0.1) is 0 Å². The van der Waals surface area contributed by atoms with Gasteiger partial charge in [0.1, 0.15) is 11.7 Å². The van der Waals surface area contributed by atoms with Crippen LogP contribution < -0.4 is 0 Å². The molecule has 2 aromatic rings. The Hall–Kier alpha value is -2.34. The van der Waals surface area contributed by atoms with Crippen LogP contribution in [0.15, 0.2) is 34.7 Å². The molecule has 0 N–H and O–H groups in total. The summed E-state index contributed by atoms with van der Waals surface area (Å²) in [5, 5.41) is 9.27. The van der Waals surface area contributed by atoms with Crippen molar-refractivity contribution in [3.63, 3.8) is 0 Å². The van der Waals surface area contributed by atoms with E-state index in [0.29, 0.717) is 11.3 Å². The molecule has 0 saturated heterocycles. The van der Waals surface area contributed by atoms with Crippen LogP contribution in [0.1, 0.15) is 38.9 Å². The first-order valence-corrected chi connectivity index (χ1v) is 6.10. The van der Waals surface area contributed by atoms with Crippen LogP contribution in [0.4, 0.5) is 0 Å². The van der Waals surface area contributed by atoms with Crippen molar-refractivity contribution >= 4 is 5.78 Å². The van der Waals surface area contributed by atoms with Crippen molar-refractivity contribution in [3.05, 3.63) is 58.5 Å². The minimum atomic E-state index is -0.815. The lowest BCUT2D eigenvalue weighted by Gasteiger charge is -2.09. The molecule has 96 valence electrons. The Bertz CT molecular complexity index is 662. The van der Waals surface area contributed by atoms with Gasteiger partial charge in [0.05, 0.1) is 6.07 Å². The smallest absolute Gasteiger partial charge is 0.219 e. The molecule has 19 heavy (non-hydrogen) atoms. The van der Waals surface area contributed by atoms with Gasteiger partial charge in [-0.1, -0.05) is 18.2 Å². The number of benzene rings is 1. The highest BCUT2D eigenvalue weighted by atomic mass is 16.3. The van der Waals surface area contributed by atoms with Crippen LogP contribution in [-0.4, -0.2) is 5.78 Å². The molecule has 0 aliphatic rings. The van der Waals surface area contributed by atoms with Crippen molar-refractivity contribution in [2.45, 2.75) is 26.7 Å². The zero-order valence-electron chi connectivity index (χ0n) is 11.2. The van der Waals surface area contributed by atoms with Gasteiger partial charge < -0.3 is 4.42 Å². The molecular weight excluding hydrogens is 238 g/mol. The maximum absolute atomic E-state index is 12.3. The highest BCUT2D eigenvalue weighted by Gasteiger charge is 2.24. The Morgan fingerprint density at radius 3 is 2.42 bits per heavy atom. The largest absolute Gasteiger partial charge is 0.458 e. The minimum absolute atomic E-state index is 0.238. The summed E-state index contributed by atoms with van der Waals surface area (Å²) in [6, 6.07) is 11.0. The molecular formula is C16H15NO2. The maximum Gasteiger partial charge on any atom is 0.219 e. The third kappa shape index (κ3) is 2.58. The molecule has 1 aromatic heterocycles. The van der Waals surface area contributed by atoms with E-state index in [-0.39, 0.29) is 11.5 Å². The van der Waals surface area contributed by atoms with Crippen LogP contribution >= 0.6 is 0 Å². The predicted molar refractivity (Wildman–Crippen MR) is 72.0 cm³/mol. The van der Waals surface area contributed by atoms with E-state index in [4.69, 9.17) is 4.42 Å². The number of ketones is 1. The maximum atomic E-state index is 12.3. The lowest BCUT2D eigenvalue weighted by atomic mass is 9.92. The van der Waals surface area contributed by atoms with E-state index in [1.54, 1.807) is 19.1 Å². The van der Waals surface area contributed by atoms with Gasteiger partial charge >= 0.3 is 0 Å². The van der Waals surface area contributed by atoms with E-state index in [2.05, 4.69) is 6.07 Å². The van der Waals surface area contributed by atoms with E-state index < -0.39 is 5.92 Å². The topological polar surface area (TPSA) is 54.0 Å². The Balaban J connectivity index is 2.37. The van der Waals surface area contributed by atoms with Crippen molar-refractivity contribution in [3.8, 4) is 6.07 Å². The van der Waals surface area contributed by atoms with Gasteiger partial charge in [0.25, 0.3) is 0 Å². The molecule has 0 radical (unpaired) electrons. The molecule has 1 unspecified atom stereocenters. The Morgan fingerprint density at radius 1 is 1.16 bits per heavy atom. The number of nitrogens with zero attached hydrogens (tertiary/aromatic N) is 1. The SMILES string of the molecule is Cc1ccc(C(=O)C(C#N)c2ccc(C)c(C)c2)o1. The number of nitriles is 1. The summed E-state index contributed by atoms with van der Waals surface area (Å²) < 4.78 is 5.30.